The lowest BCUT2D eigenvalue weighted by atomic mass is 10.1. The van der Waals surface area contributed by atoms with Gasteiger partial charge in [-0.25, -0.2) is 14.4 Å². The number of amides is 2. The van der Waals surface area contributed by atoms with E-state index in [1.807, 2.05) is 0 Å². The van der Waals surface area contributed by atoms with Gasteiger partial charge in [0, 0.05) is 13.1 Å². The Kier molecular flexibility index (Phi) is 10.8. The average molecular weight is 600 g/mol. The zero-order valence-corrected chi connectivity index (χ0v) is 24.1. The monoisotopic (exact) mass is 599 g/mol. The number of aromatic nitrogens is 2. The maximum atomic E-state index is 14.0. The molecule has 222 valence electrons. The number of rotatable bonds is 11. The molecule has 1 aromatic carbocycles. The highest BCUT2D eigenvalue weighted by atomic mass is 35.5. The van der Waals surface area contributed by atoms with E-state index in [2.05, 4.69) is 31.1 Å². The largest absolute Gasteiger partial charge is 0.497 e. The summed E-state index contributed by atoms with van der Waals surface area (Å²) in [6.45, 7) is 2.54. The molecule has 0 radical (unpaired) electrons. The molecule has 6 N–H and O–H groups in total. The minimum atomic E-state index is -1.02. The topological polar surface area (TPSA) is 189 Å². The van der Waals surface area contributed by atoms with Gasteiger partial charge in [-0.15, -0.1) is 0 Å². The molecule has 13 nitrogen and oxygen atoms in total. The molecule has 15 heteroatoms. The highest BCUT2D eigenvalue weighted by Gasteiger charge is 2.37. The maximum absolute atomic E-state index is 14.0. The summed E-state index contributed by atoms with van der Waals surface area (Å²) in [6.07, 6.45) is 5.43. The van der Waals surface area contributed by atoms with Crippen molar-refractivity contribution in [1.29, 1.82) is 10.8 Å². The van der Waals surface area contributed by atoms with Crippen molar-refractivity contribution in [2.75, 3.05) is 32.6 Å². The number of amidine groups is 1. The second kappa shape index (κ2) is 14.3. The number of hydrazone groups is 1. The van der Waals surface area contributed by atoms with Crippen LogP contribution >= 0.6 is 11.6 Å². The molecule has 1 fully saturated rings. The first-order valence-corrected chi connectivity index (χ1v) is 13.0. The van der Waals surface area contributed by atoms with Crippen LogP contribution in [-0.4, -0.2) is 82.9 Å². The first-order valence-electron chi connectivity index (χ1n) is 12.6. The van der Waals surface area contributed by atoms with Crippen LogP contribution in [0.3, 0.4) is 0 Å². The summed E-state index contributed by atoms with van der Waals surface area (Å²) in [5.41, 5.74) is 3.53. The molecule has 0 bridgehead atoms. The van der Waals surface area contributed by atoms with Gasteiger partial charge in [0.05, 0.1) is 60.7 Å². The van der Waals surface area contributed by atoms with Gasteiger partial charge in [-0.1, -0.05) is 17.7 Å². The number of methoxy groups -OCH3 is 1. The van der Waals surface area contributed by atoms with E-state index in [9.17, 15) is 19.1 Å². The Balaban J connectivity index is 1.82. The van der Waals surface area contributed by atoms with E-state index in [0.717, 1.165) is 6.21 Å². The third-order valence-corrected chi connectivity index (χ3v) is 6.54. The van der Waals surface area contributed by atoms with Gasteiger partial charge in [-0.05, 0) is 43.2 Å². The van der Waals surface area contributed by atoms with Crippen molar-refractivity contribution in [3.8, 4) is 5.75 Å². The molecule has 3 rings (SSSR count). The fourth-order valence-electron chi connectivity index (χ4n) is 4.05. The molecule has 2 heterocycles. The summed E-state index contributed by atoms with van der Waals surface area (Å²) >= 11 is 6.36. The van der Waals surface area contributed by atoms with Gasteiger partial charge in [0.15, 0.2) is 5.84 Å². The fraction of sp³-hybridized carbons (Fsp3) is 0.296. The van der Waals surface area contributed by atoms with Gasteiger partial charge < -0.3 is 41.6 Å². The number of ether oxygens (including phenoxy) is 1. The van der Waals surface area contributed by atoms with Crippen LogP contribution in [0.25, 0.3) is 5.57 Å². The van der Waals surface area contributed by atoms with E-state index in [-0.39, 0.29) is 51.6 Å². The van der Waals surface area contributed by atoms with E-state index in [1.165, 1.54) is 49.4 Å². The van der Waals surface area contributed by atoms with Gasteiger partial charge >= 0.3 is 0 Å². The molecule has 0 unspecified atom stereocenters. The third kappa shape index (κ3) is 7.33. The van der Waals surface area contributed by atoms with E-state index < -0.39 is 36.3 Å². The van der Waals surface area contributed by atoms with Crippen molar-refractivity contribution in [2.45, 2.75) is 25.9 Å². The smallest absolute Gasteiger partial charge is 0.256 e. The van der Waals surface area contributed by atoms with Gasteiger partial charge in [0.2, 0.25) is 11.9 Å². The van der Waals surface area contributed by atoms with Gasteiger partial charge in [-0.3, -0.25) is 9.59 Å². The standard InChI is InChI=1S/C27H31ClFN9O4/c1-5-15(24-20(28)11-33-27(36-24)35-23(10-30)37-32-3)8-19-21(31)12-38(26(19)41)14(2)25(40)34-22(13-39)16-6-17(29)9-18(7-16)42-4/h5-11,14,22,30-32,39H,12-13H2,1-4H3,(H,34,40)(H,33,35,36,37)/b15-5+,19-8+,30-10?,31-21?/t14-,22-/m1/s1. The SMILES string of the molecule is C/C=C(\C=C1/C(=N)CN([C@H](C)C(=O)N[C@H](CO)c2cc(F)cc(OC)c2)C1=O)c1nc(N/C(C=N)=N/NC)ncc1Cl. The molecule has 1 aromatic heterocycles. The van der Waals surface area contributed by atoms with Crippen molar-refractivity contribution in [1.82, 2.24) is 25.6 Å². The predicted octanol–water partition coefficient (Wildman–Crippen LogP) is 2.30. The zero-order valence-electron chi connectivity index (χ0n) is 23.3. The second-order valence-electron chi connectivity index (χ2n) is 8.94. The highest BCUT2D eigenvalue weighted by molar-refractivity contribution is 6.34. The Hall–Kier alpha value is -4.69. The van der Waals surface area contributed by atoms with Gasteiger partial charge in [-0.2, -0.15) is 5.10 Å². The van der Waals surface area contributed by atoms with Gasteiger partial charge in [0.1, 0.15) is 17.6 Å². The van der Waals surface area contributed by atoms with Gasteiger partial charge in [0.25, 0.3) is 5.91 Å². The number of nitrogens with one attached hydrogen (secondary N) is 5. The van der Waals surface area contributed by atoms with E-state index in [1.54, 1.807) is 20.0 Å². The lowest BCUT2D eigenvalue weighted by molar-refractivity contribution is -0.135. The van der Waals surface area contributed by atoms with Crippen molar-refractivity contribution < 1.29 is 23.8 Å². The van der Waals surface area contributed by atoms with Crippen molar-refractivity contribution in [2.24, 2.45) is 5.10 Å². The molecule has 0 spiro atoms. The van der Waals surface area contributed by atoms with Crippen molar-refractivity contribution in [3.05, 3.63) is 64.2 Å². The first-order chi connectivity index (χ1) is 20.1. The molecule has 2 aromatic rings. The van der Waals surface area contributed by atoms with Crippen LogP contribution in [-0.2, 0) is 9.59 Å². The number of allylic oxidation sites excluding steroid dienone is 3. The van der Waals surface area contributed by atoms with E-state index in [0.29, 0.717) is 5.57 Å². The fourth-order valence-corrected chi connectivity index (χ4v) is 4.25. The van der Waals surface area contributed by atoms with Crippen LogP contribution in [0.1, 0.15) is 31.1 Å². The molecule has 0 aliphatic carbocycles. The Morgan fingerprint density at radius 2 is 2.12 bits per heavy atom. The lowest BCUT2D eigenvalue weighted by Crippen LogP contribution is -2.47. The molecule has 42 heavy (non-hydrogen) atoms. The first kappa shape index (κ1) is 31.8. The summed E-state index contributed by atoms with van der Waals surface area (Å²) in [6, 6.07) is 1.85. The molecule has 1 aliphatic heterocycles. The zero-order chi connectivity index (χ0) is 31.0. The number of likely N-dealkylation sites (tertiary alicyclic amines) is 1. The summed E-state index contributed by atoms with van der Waals surface area (Å²) in [5, 5.41) is 35.2. The Bertz CT molecular complexity index is 1480. The summed E-state index contributed by atoms with van der Waals surface area (Å²) in [4.78, 5) is 36.2. The summed E-state index contributed by atoms with van der Waals surface area (Å²) in [5.74, 6) is -1.32. The van der Waals surface area contributed by atoms with E-state index in [4.69, 9.17) is 27.2 Å². The maximum Gasteiger partial charge on any atom is 0.256 e. The van der Waals surface area contributed by atoms with Crippen LogP contribution in [0, 0.1) is 16.6 Å². The number of hydrogen-bond acceptors (Lipinski definition) is 10. The Labute approximate surface area is 246 Å². The number of aliphatic hydroxyl groups is 1. The van der Waals surface area contributed by atoms with Crippen molar-refractivity contribution in [3.63, 3.8) is 0 Å². The third-order valence-electron chi connectivity index (χ3n) is 6.26. The molecular weight excluding hydrogens is 569 g/mol. The number of anilines is 1. The number of halogens is 2. The summed E-state index contributed by atoms with van der Waals surface area (Å²) in [7, 11) is 2.94. The average Bonchev–Trinajstić information content (AvgIpc) is 3.26. The highest BCUT2D eigenvalue weighted by Crippen LogP contribution is 2.28. The Morgan fingerprint density at radius 1 is 1.38 bits per heavy atom. The number of aliphatic hydroxyl groups excluding tert-OH is 1. The lowest BCUT2D eigenvalue weighted by Gasteiger charge is -2.25. The molecule has 2 amide bonds. The number of hydrogen-bond donors (Lipinski definition) is 6. The predicted molar refractivity (Wildman–Crippen MR) is 158 cm³/mol. The molecule has 1 saturated heterocycles. The normalized spacial score (nSPS) is 16.4. The minimum Gasteiger partial charge on any atom is -0.497 e. The van der Waals surface area contributed by atoms with Crippen LogP contribution in [0.5, 0.6) is 5.75 Å². The molecule has 2 atom stereocenters. The van der Waals surface area contributed by atoms with Crippen LogP contribution in [0.4, 0.5) is 10.3 Å². The quantitative estimate of drug-likeness (QED) is 0.0981. The van der Waals surface area contributed by atoms with Crippen molar-refractivity contribution >= 4 is 52.7 Å². The summed E-state index contributed by atoms with van der Waals surface area (Å²) < 4.78 is 19.1. The van der Waals surface area contributed by atoms with Crippen LogP contribution in [0.15, 0.2) is 47.2 Å². The molecule has 1 aliphatic rings. The number of nitrogens with zero attached hydrogens (tertiary/aromatic N) is 4. The second-order valence-corrected chi connectivity index (χ2v) is 9.35. The van der Waals surface area contributed by atoms with E-state index >= 15 is 0 Å². The molecular formula is C27H31ClFN9O4. The number of benzene rings is 1. The minimum absolute atomic E-state index is 0.0247. The van der Waals surface area contributed by atoms with Crippen LogP contribution in [0.2, 0.25) is 5.02 Å². The Morgan fingerprint density at radius 3 is 2.74 bits per heavy atom. The molecule has 0 saturated carbocycles. The number of carbonyl (C=O) groups is 2. The number of carbonyl (C=O) groups excluding carboxylic acids is 2. The van der Waals surface area contributed by atoms with Crippen LogP contribution < -0.4 is 20.8 Å².